The molecule has 0 radical (unpaired) electrons. The highest BCUT2D eigenvalue weighted by Gasteiger charge is 2.12. The van der Waals surface area contributed by atoms with Gasteiger partial charge in [-0.2, -0.15) is 0 Å². The summed E-state index contributed by atoms with van der Waals surface area (Å²) >= 11 is 0. The molecule has 1 amide bonds. The summed E-state index contributed by atoms with van der Waals surface area (Å²) in [4.78, 5) is 18.6. The lowest BCUT2D eigenvalue weighted by atomic mass is 10.1. The first-order chi connectivity index (χ1) is 10.1. The molecule has 0 saturated heterocycles. The van der Waals surface area contributed by atoms with Gasteiger partial charge in [0, 0.05) is 25.3 Å². The van der Waals surface area contributed by atoms with Crippen LogP contribution in [0, 0.1) is 0 Å². The predicted molar refractivity (Wildman–Crippen MR) is 85.2 cm³/mol. The summed E-state index contributed by atoms with van der Waals surface area (Å²) in [6, 6.07) is 0.160. The maximum atomic E-state index is 12.1. The van der Waals surface area contributed by atoms with Gasteiger partial charge in [0.05, 0.1) is 6.33 Å². The van der Waals surface area contributed by atoms with Crippen LogP contribution in [0.5, 0.6) is 0 Å². The van der Waals surface area contributed by atoms with Crippen molar-refractivity contribution >= 4 is 5.91 Å². The van der Waals surface area contributed by atoms with Crippen LogP contribution in [0.15, 0.2) is 12.5 Å². The van der Waals surface area contributed by atoms with Gasteiger partial charge in [0.15, 0.2) is 0 Å². The smallest absolute Gasteiger partial charge is 0.271 e. The quantitative estimate of drug-likeness (QED) is 0.677. The van der Waals surface area contributed by atoms with Gasteiger partial charge in [0.25, 0.3) is 5.91 Å². The monoisotopic (exact) mass is 295 g/mol. The Bertz CT molecular complexity index is 414. The van der Waals surface area contributed by atoms with Crippen molar-refractivity contribution in [1.29, 1.82) is 0 Å². The molecule has 6 nitrogen and oxygen atoms in total. The Morgan fingerprint density at radius 2 is 2.19 bits per heavy atom. The molecule has 1 heterocycles. The molecule has 1 rings (SSSR count). The minimum Gasteiger partial charge on any atom is -0.348 e. The van der Waals surface area contributed by atoms with Gasteiger partial charge in [-0.15, -0.1) is 0 Å². The number of nitrogens with zero attached hydrogens (tertiary/aromatic N) is 3. The van der Waals surface area contributed by atoms with Gasteiger partial charge in [-0.1, -0.05) is 13.8 Å². The van der Waals surface area contributed by atoms with Crippen molar-refractivity contribution in [2.75, 3.05) is 26.2 Å². The average Bonchev–Trinajstić information content (AvgIpc) is 2.93. The fourth-order valence-electron chi connectivity index (χ4n) is 2.28. The van der Waals surface area contributed by atoms with Crippen molar-refractivity contribution < 1.29 is 4.79 Å². The number of aromatic nitrogens is 2. The fourth-order valence-corrected chi connectivity index (χ4v) is 2.28. The number of hydrogen-bond donors (Lipinski definition) is 2. The van der Waals surface area contributed by atoms with E-state index in [1.165, 1.54) is 0 Å². The Balaban J connectivity index is 2.32. The Hall–Kier alpha value is -1.40. The SMILES string of the molecule is CCN(CC)CCCC(C)NC(=O)c1cn(CCN)cn1. The summed E-state index contributed by atoms with van der Waals surface area (Å²) in [5.41, 5.74) is 5.93. The summed E-state index contributed by atoms with van der Waals surface area (Å²) in [5, 5.41) is 3.00. The predicted octanol–water partition coefficient (Wildman–Crippen LogP) is 1.08. The van der Waals surface area contributed by atoms with E-state index in [0.717, 1.165) is 32.5 Å². The Labute approximate surface area is 127 Å². The lowest BCUT2D eigenvalue weighted by Crippen LogP contribution is -2.33. The first kappa shape index (κ1) is 17.7. The van der Waals surface area contributed by atoms with E-state index >= 15 is 0 Å². The molecule has 1 aromatic heterocycles. The van der Waals surface area contributed by atoms with Crippen LogP contribution in [-0.2, 0) is 6.54 Å². The molecule has 0 aromatic carbocycles. The highest BCUT2D eigenvalue weighted by Crippen LogP contribution is 2.02. The van der Waals surface area contributed by atoms with Crippen molar-refractivity contribution in [3.05, 3.63) is 18.2 Å². The van der Waals surface area contributed by atoms with Gasteiger partial charge < -0.3 is 20.5 Å². The molecule has 21 heavy (non-hydrogen) atoms. The number of rotatable bonds is 10. The molecular weight excluding hydrogens is 266 g/mol. The normalized spacial score (nSPS) is 12.6. The second-order valence-corrected chi connectivity index (χ2v) is 5.33. The molecule has 1 aromatic rings. The summed E-state index contributed by atoms with van der Waals surface area (Å²) in [7, 11) is 0. The van der Waals surface area contributed by atoms with Crippen molar-refractivity contribution in [2.45, 2.75) is 46.2 Å². The van der Waals surface area contributed by atoms with Crippen molar-refractivity contribution in [3.63, 3.8) is 0 Å². The lowest BCUT2D eigenvalue weighted by molar-refractivity contribution is 0.0932. The van der Waals surface area contributed by atoms with Crippen LogP contribution >= 0.6 is 0 Å². The third kappa shape index (κ3) is 6.27. The van der Waals surface area contributed by atoms with Gasteiger partial charge in [0.1, 0.15) is 5.69 Å². The van der Waals surface area contributed by atoms with E-state index in [9.17, 15) is 4.79 Å². The largest absolute Gasteiger partial charge is 0.348 e. The molecule has 0 spiro atoms. The second-order valence-electron chi connectivity index (χ2n) is 5.33. The van der Waals surface area contributed by atoms with Gasteiger partial charge in [-0.25, -0.2) is 4.98 Å². The van der Waals surface area contributed by atoms with Crippen LogP contribution in [0.25, 0.3) is 0 Å². The molecule has 0 aliphatic rings. The van der Waals surface area contributed by atoms with E-state index in [1.54, 1.807) is 12.5 Å². The number of nitrogens with one attached hydrogen (secondary N) is 1. The molecule has 120 valence electrons. The zero-order chi connectivity index (χ0) is 15.7. The molecule has 0 bridgehead atoms. The third-order valence-electron chi connectivity index (χ3n) is 3.64. The first-order valence-corrected chi connectivity index (χ1v) is 7.85. The second kappa shape index (κ2) is 9.52. The van der Waals surface area contributed by atoms with Crippen LogP contribution in [0.2, 0.25) is 0 Å². The molecule has 6 heteroatoms. The average molecular weight is 295 g/mol. The van der Waals surface area contributed by atoms with Gasteiger partial charge >= 0.3 is 0 Å². The summed E-state index contributed by atoms with van der Waals surface area (Å²) in [5.74, 6) is -0.110. The zero-order valence-corrected chi connectivity index (χ0v) is 13.5. The molecule has 0 aliphatic heterocycles. The minimum atomic E-state index is -0.110. The molecular formula is C15H29N5O. The summed E-state index contributed by atoms with van der Waals surface area (Å²) in [6.07, 6.45) is 5.45. The van der Waals surface area contributed by atoms with E-state index in [2.05, 4.69) is 29.0 Å². The third-order valence-corrected chi connectivity index (χ3v) is 3.64. The Kier molecular flexibility index (Phi) is 8.00. The number of hydrogen-bond acceptors (Lipinski definition) is 4. The molecule has 0 aliphatic carbocycles. The molecule has 1 atom stereocenters. The van der Waals surface area contributed by atoms with Crippen LogP contribution in [0.1, 0.15) is 44.1 Å². The Morgan fingerprint density at radius 1 is 1.48 bits per heavy atom. The van der Waals surface area contributed by atoms with Crippen LogP contribution in [-0.4, -0.2) is 52.6 Å². The van der Waals surface area contributed by atoms with Crippen molar-refractivity contribution in [3.8, 4) is 0 Å². The van der Waals surface area contributed by atoms with Crippen LogP contribution < -0.4 is 11.1 Å². The van der Waals surface area contributed by atoms with Gasteiger partial charge in [-0.05, 0) is 39.4 Å². The first-order valence-electron chi connectivity index (χ1n) is 7.85. The minimum absolute atomic E-state index is 0.110. The Morgan fingerprint density at radius 3 is 2.81 bits per heavy atom. The van der Waals surface area contributed by atoms with Crippen LogP contribution in [0.4, 0.5) is 0 Å². The van der Waals surface area contributed by atoms with Crippen molar-refractivity contribution in [1.82, 2.24) is 19.8 Å². The van der Waals surface area contributed by atoms with E-state index in [-0.39, 0.29) is 11.9 Å². The van der Waals surface area contributed by atoms with E-state index in [1.807, 2.05) is 11.5 Å². The highest BCUT2D eigenvalue weighted by molar-refractivity contribution is 5.92. The fraction of sp³-hybridized carbons (Fsp3) is 0.733. The molecule has 1 unspecified atom stereocenters. The number of carbonyl (C=O) groups is 1. The molecule has 0 fully saturated rings. The highest BCUT2D eigenvalue weighted by atomic mass is 16.1. The number of imidazole rings is 1. The van der Waals surface area contributed by atoms with E-state index in [0.29, 0.717) is 18.8 Å². The van der Waals surface area contributed by atoms with Crippen molar-refractivity contribution in [2.24, 2.45) is 5.73 Å². The number of amides is 1. The summed E-state index contributed by atoms with van der Waals surface area (Å²) in [6.45, 7) is 10.8. The van der Waals surface area contributed by atoms with E-state index in [4.69, 9.17) is 5.73 Å². The van der Waals surface area contributed by atoms with Gasteiger partial charge in [-0.3, -0.25) is 4.79 Å². The van der Waals surface area contributed by atoms with Crippen LogP contribution in [0.3, 0.4) is 0 Å². The zero-order valence-electron chi connectivity index (χ0n) is 13.5. The molecule has 0 saturated carbocycles. The lowest BCUT2D eigenvalue weighted by Gasteiger charge is -2.19. The van der Waals surface area contributed by atoms with E-state index < -0.39 is 0 Å². The number of carbonyl (C=O) groups excluding carboxylic acids is 1. The maximum Gasteiger partial charge on any atom is 0.271 e. The standard InChI is InChI=1S/C15H29N5O/c1-4-19(5-2)9-6-7-13(3)18-15(21)14-11-20(10-8-16)12-17-14/h11-13H,4-10,16H2,1-3H3,(H,18,21). The molecule has 3 N–H and O–H groups in total. The van der Waals surface area contributed by atoms with Gasteiger partial charge in [0.2, 0.25) is 0 Å². The number of nitrogens with two attached hydrogens (primary N) is 1. The maximum absolute atomic E-state index is 12.1. The topological polar surface area (TPSA) is 76.2 Å². The summed E-state index contributed by atoms with van der Waals surface area (Å²) < 4.78 is 1.83.